The minimum absolute atomic E-state index is 0.181. The zero-order valence-corrected chi connectivity index (χ0v) is 13.7. The third kappa shape index (κ3) is 4.45. The molecule has 5 heteroatoms. The Morgan fingerprint density at radius 3 is 2.74 bits per heavy atom. The van der Waals surface area contributed by atoms with E-state index >= 15 is 0 Å². The average Bonchev–Trinajstić information content (AvgIpc) is 3.29. The maximum Gasteiger partial charge on any atom is 0.317 e. The fourth-order valence-corrected chi connectivity index (χ4v) is 3.30. The monoisotopic (exact) mass is 318 g/mol. The fraction of sp³-hybridized carbons (Fsp3) is 0.611. The third-order valence-electron chi connectivity index (χ3n) is 4.93. The number of carboxylic acid groups (broad SMARTS) is 1. The Morgan fingerprint density at radius 2 is 2.09 bits per heavy atom. The van der Waals surface area contributed by atoms with Crippen molar-refractivity contribution in [1.82, 2.24) is 10.2 Å². The molecule has 0 amide bonds. The van der Waals surface area contributed by atoms with Crippen LogP contribution >= 0.6 is 0 Å². The smallest absolute Gasteiger partial charge is 0.317 e. The molecule has 2 aliphatic rings. The van der Waals surface area contributed by atoms with E-state index in [1.54, 1.807) is 7.11 Å². The van der Waals surface area contributed by atoms with Crippen molar-refractivity contribution in [3.8, 4) is 5.75 Å². The van der Waals surface area contributed by atoms with Crippen LogP contribution in [0.5, 0.6) is 5.75 Å². The van der Waals surface area contributed by atoms with E-state index in [2.05, 4.69) is 16.3 Å². The Balaban J connectivity index is 1.45. The number of benzene rings is 1. The van der Waals surface area contributed by atoms with Crippen LogP contribution in [0.1, 0.15) is 31.2 Å². The van der Waals surface area contributed by atoms with Crippen LogP contribution in [0.2, 0.25) is 0 Å². The first-order chi connectivity index (χ1) is 11.2. The number of para-hydroxylation sites is 1. The van der Waals surface area contributed by atoms with Gasteiger partial charge in [-0.15, -0.1) is 0 Å². The van der Waals surface area contributed by atoms with Gasteiger partial charge in [0.15, 0.2) is 0 Å². The van der Waals surface area contributed by atoms with E-state index in [4.69, 9.17) is 9.84 Å². The number of ether oxygens (including phenoxy) is 1. The van der Waals surface area contributed by atoms with Crippen LogP contribution in [-0.4, -0.2) is 48.3 Å². The topological polar surface area (TPSA) is 61.8 Å². The van der Waals surface area contributed by atoms with E-state index in [1.165, 1.54) is 18.4 Å². The molecule has 0 spiro atoms. The lowest BCUT2D eigenvalue weighted by Crippen LogP contribution is -2.54. The molecular weight excluding hydrogens is 292 g/mol. The summed E-state index contributed by atoms with van der Waals surface area (Å²) in [6.07, 6.45) is 4.60. The second kappa shape index (κ2) is 7.32. The van der Waals surface area contributed by atoms with Gasteiger partial charge in [-0.2, -0.15) is 0 Å². The number of carboxylic acids is 1. The summed E-state index contributed by atoms with van der Waals surface area (Å²) >= 11 is 0. The molecule has 2 N–H and O–H groups in total. The molecule has 0 bridgehead atoms. The second-order valence-corrected chi connectivity index (χ2v) is 6.78. The summed E-state index contributed by atoms with van der Waals surface area (Å²) in [7, 11) is 1.69. The first-order valence-electron chi connectivity index (χ1n) is 8.47. The van der Waals surface area contributed by atoms with Crippen LogP contribution in [-0.2, 0) is 11.3 Å². The first-order valence-corrected chi connectivity index (χ1v) is 8.47. The fourth-order valence-electron chi connectivity index (χ4n) is 3.30. The van der Waals surface area contributed by atoms with Crippen LogP contribution < -0.4 is 10.1 Å². The number of aliphatic carboxylic acids is 1. The van der Waals surface area contributed by atoms with Crippen molar-refractivity contribution < 1.29 is 14.6 Å². The molecule has 3 rings (SSSR count). The van der Waals surface area contributed by atoms with Crippen molar-refractivity contribution in [3.05, 3.63) is 29.8 Å². The summed E-state index contributed by atoms with van der Waals surface area (Å²) in [5.74, 6) is 0.933. The second-order valence-electron chi connectivity index (χ2n) is 6.78. The molecule has 2 fully saturated rings. The number of nitrogens with zero attached hydrogens (tertiary/aromatic N) is 1. The van der Waals surface area contributed by atoms with Crippen LogP contribution in [0.15, 0.2) is 24.3 Å². The number of hydrogen-bond donors (Lipinski definition) is 2. The number of nitrogens with one attached hydrogen (secondary N) is 1. The summed E-state index contributed by atoms with van der Waals surface area (Å²) in [5, 5.41) is 12.7. The predicted molar refractivity (Wildman–Crippen MR) is 88.6 cm³/mol. The minimum atomic E-state index is -0.712. The van der Waals surface area contributed by atoms with Crippen molar-refractivity contribution in [1.29, 1.82) is 0 Å². The van der Waals surface area contributed by atoms with Crippen molar-refractivity contribution in [3.63, 3.8) is 0 Å². The van der Waals surface area contributed by atoms with Crippen molar-refractivity contribution in [2.45, 2.75) is 44.3 Å². The molecule has 23 heavy (non-hydrogen) atoms. The maximum atomic E-state index is 11.0. The van der Waals surface area contributed by atoms with Crippen molar-refractivity contribution in [2.24, 2.45) is 5.92 Å². The summed E-state index contributed by atoms with van der Waals surface area (Å²) in [6.45, 7) is 1.93. The molecule has 126 valence electrons. The van der Waals surface area contributed by atoms with E-state index in [9.17, 15) is 4.79 Å². The Hall–Kier alpha value is -1.59. The standard InChI is InChI=1S/C18H26N2O3/c1-23-17-5-3-2-4-14(17)10-19-15-8-16(9-15)20(12-18(21)22)11-13-6-7-13/h2-5,13,15-16,19H,6-12H2,1H3,(H,21,22). The molecule has 2 saturated carbocycles. The molecule has 0 saturated heterocycles. The number of hydrogen-bond acceptors (Lipinski definition) is 4. The lowest BCUT2D eigenvalue weighted by atomic mass is 9.85. The van der Waals surface area contributed by atoms with Crippen LogP contribution in [0.4, 0.5) is 0 Å². The van der Waals surface area contributed by atoms with Crippen LogP contribution in [0, 0.1) is 5.92 Å². The molecule has 0 atom stereocenters. The van der Waals surface area contributed by atoms with E-state index in [1.807, 2.05) is 18.2 Å². The first kappa shape index (κ1) is 16.3. The van der Waals surface area contributed by atoms with Gasteiger partial charge < -0.3 is 15.2 Å². The molecule has 0 aromatic heterocycles. The van der Waals surface area contributed by atoms with Gasteiger partial charge in [0.2, 0.25) is 0 Å². The molecule has 1 aromatic carbocycles. The lowest BCUT2D eigenvalue weighted by molar-refractivity contribution is -0.139. The Kier molecular flexibility index (Phi) is 5.18. The Morgan fingerprint density at radius 1 is 1.35 bits per heavy atom. The van der Waals surface area contributed by atoms with Gasteiger partial charge in [-0.05, 0) is 37.7 Å². The van der Waals surface area contributed by atoms with Crippen LogP contribution in [0.3, 0.4) is 0 Å². The molecule has 5 nitrogen and oxygen atoms in total. The highest BCUT2D eigenvalue weighted by Crippen LogP contribution is 2.34. The largest absolute Gasteiger partial charge is 0.496 e. The molecule has 2 aliphatic carbocycles. The summed E-state index contributed by atoms with van der Waals surface area (Å²) in [5.41, 5.74) is 1.17. The third-order valence-corrected chi connectivity index (χ3v) is 4.93. The van der Waals surface area contributed by atoms with Gasteiger partial charge in [0.25, 0.3) is 0 Å². The summed E-state index contributed by atoms with van der Waals surface area (Å²) in [4.78, 5) is 13.2. The number of methoxy groups -OCH3 is 1. The number of carbonyl (C=O) groups is 1. The van der Waals surface area contributed by atoms with Gasteiger partial charge in [-0.3, -0.25) is 9.69 Å². The van der Waals surface area contributed by atoms with E-state index in [0.29, 0.717) is 12.1 Å². The quantitative estimate of drug-likeness (QED) is 0.730. The van der Waals surface area contributed by atoms with Gasteiger partial charge in [0, 0.05) is 30.7 Å². The summed E-state index contributed by atoms with van der Waals surface area (Å²) < 4.78 is 5.37. The van der Waals surface area contributed by atoms with E-state index in [-0.39, 0.29) is 6.54 Å². The van der Waals surface area contributed by atoms with Crippen molar-refractivity contribution >= 4 is 5.97 Å². The predicted octanol–water partition coefficient (Wildman–Crippen LogP) is 2.11. The highest BCUT2D eigenvalue weighted by atomic mass is 16.5. The maximum absolute atomic E-state index is 11.0. The van der Waals surface area contributed by atoms with Gasteiger partial charge in [-0.1, -0.05) is 18.2 Å². The normalized spacial score (nSPS) is 23.6. The van der Waals surface area contributed by atoms with Gasteiger partial charge >= 0.3 is 5.97 Å². The average molecular weight is 318 g/mol. The zero-order chi connectivity index (χ0) is 16.2. The Bertz CT molecular complexity index is 539. The molecule has 1 aromatic rings. The number of rotatable bonds is 9. The molecular formula is C18H26N2O3. The van der Waals surface area contributed by atoms with Gasteiger partial charge in [0.1, 0.15) is 5.75 Å². The van der Waals surface area contributed by atoms with Gasteiger partial charge in [-0.25, -0.2) is 0 Å². The van der Waals surface area contributed by atoms with Gasteiger partial charge in [0.05, 0.1) is 13.7 Å². The molecule has 0 radical (unpaired) electrons. The Labute approximate surface area is 137 Å². The SMILES string of the molecule is COc1ccccc1CNC1CC(N(CC(=O)O)CC2CC2)C1. The minimum Gasteiger partial charge on any atom is -0.496 e. The molecule has 0 aliphatic heterocycles. The summed E-state index contributed by atoms with van der Waals surface area (Å²) in [6, 6.07) is 8.94. The zero-order valence-electron chi connectivity index (χ0n) is 13.7. The molecule has 0 heterocycles. The highest BCUT2D eigenvalue weighted by molar-refractivity contribution is 5.69. The van der Waals surface area contributed by atoms with E-state index < -0.39 is 5.97 Å². The highest BCUT2D eigenvalue weighted by Gasteiger charge is 2.36. The van der Waals surface area contributed by atoms with Crippen molar-refractivity contribution in [2.75, 3.05) is 20.2 Å². The van der Waals surface area contributed by atoms with E-state index in [0.717, 1.165) is 37.6 Å². The lowest BCUT2D eigenvalue weighted by Gasteiger charge is -2.43. The molecule has 0 unspecified atom stereocenters. The van der Waals surface area contributed by atoms with Crippen LogP contribution in [0.25, 0.3) is 0 Å².